The van der Waals surface area contributed by atoms with Crippen LogP contribution in [0, 0.1) is 5.92 Å². The summed E-state index contributed by atoms with van der Waals surface area (Å²) in [6.45, 7) is 3.87. The van der Waals surface area contributed by atoms with Gasteiger partial charge in [0.05, 0.1) is 5.92 Å². The van der Waals surface area contributed by atoms with Crippen molar-refractivity contribution in [3.8, 4) is 0 Å². The molecule has 8 heteroatoms. The predicted octanol–water partition coefficient (Wildman–Crippen LogP) is 1.20. The van der Waals surface area contributed by atoms with Crippen molar-refractivity contribution < 1.29 is 9.59 Å². The number of hydrogen-bond donors (Lipinski definition) is 2. The zero-order chi connectivity index (χ0) is 18.1. The number of piperidine rings is 2. The van der Waals surface area contributed by atoms with Gasteiger partial charge in [-0.15, -0.1) is 11.3 Å². The van der Waals surface area contributed by atoms with Crippen LogP contribution in [0.5, 0.6) is 0 Å². The maximum Gasteiger partial charge on any atom is 0.268 e. The zero-order valence-corrected chi connectivity index (χ0v) is 15.8. The molecule has 1 saturated carbocycles. The SMILES string of the molecule is NC(=O)c1csc(N2CCC(N3CCC[C@H](C(=O)NC4CC4)C3)CC2)n1. The van der Waals surface area contributed by atoms with Crippen LogP contribution in [-0.2, 0) is 4.79 Å². The molecule has 0 aromatic carbocycles. The first-order valence-electron chi connectivity index (χ1n) is 9.65. The molecular formula is C18H27N5O2S. The molecule has 1 aliphatic carbocycles. The lowest BCUT2D eigenvalue weighted by atomic mass is 9.93. The molecule has 0 unspecified atom stereocenters. The minimum absolute atomic E-state index is 0.152. The molecule has 3 heterocycles. The Labute approximate surface area is 157 Å². The number of nitrogens with two attached hydrogens (primary N) is 1. The van der Waals surface area contributed by atoms with Gasteiger partial charge in [0.1, 0.15) is 5.69 Å². The Morgan fingerprint density at radius 3 is 2.58 bits per heavy atom. The lowest BCUT2D eigenvalue weighted by Crippen LogP contribution is -2.51. The lowest BCUT2D eigenvalue weighted by molar-refractivity contribution is -0.127. The van der Waals surface area contributed by atoms with Gasteiger partial charge in [-0.2, -0.15) is 0 Å². The molecule has 0 radical (unpaired) electrons. The number of nitrogens with zero attached hydrogens (tertiary/aromatic N) is 3. The van der Waals surface area contributed by atoms with Gasteiger partial charge < -0.3 is 16.0 Å². The lowest BCUT2D eigenvalue weighted by Gasteiger charge is -2.42. The second kappa shape index (κ2) is 7.52. The highest BCUT2D eigenvalue weighted by Crippen LogP contribution is 2.28. The second-order valence-electron chi connectivity index (χ2n) is 7.71. The minimum Gasteiger partial charge on any atom is -0.364 e. The molecule has 0 spiro atoms. The van der Waals surface area contributed by atoms with Crippen LogP contribution >= 0.6 is 11.3 Å². The Morgan fingerprint density at radius 2 is 1.92 bits per heavy atom. The van der Waals surface area contributed by atoms with Gasteiger partial charge in [0.15, 0.2) is 5.13 Å². The third kappa shape index (κ3) is 4.01. The Hall–Kier alpha value is -1.67. The van der Waals surface area contributed by atoms with Crippen molar-refractivity contribution >= 4 is 28.3 Å². The summed E-state index contributed by atoms with van der Waals surface area (Å²) in [6.07, 6.45) is 6.56. The number of carbonyl (C=O) groups excluding carboxylic acids is 2. The van der Waals surface area contributed by atoms with Gasteiger partial charge in [0.2, 0.25) is 5.91 Å². The monoisotopic (exact) mass is 377 g/mol. The van der Waals surface area contributed by atoms with E-state index in [0.717, 1.165) is 69.8 Å². The van der Waals surface area contributed by atoms with Crippen LogP contribution in [0.25, 0.3) is 0 Å². The molecule has 2 amide bonds. The Morgan fingerprint density at radius 1 is 1.15 bits per heavy atom. The summed E-state index contributed by atoms with van der Waals surface area (Å²) >= 11 is 1.48. The Balaban J connectivity index is 1.29. The summed E-state index contributed by atoms with van der Waals surface area (Å²) in [5, 5.41) is 5.79. The number of hydrogen-bond acceptors (Lipinski definition) is 6. The van der Waals surface area contributed by atoms with Crippen LogP contribution in [-0.4, -0.2) is 60.0 Å². The number of amides is 2. The summed E-state index contributed by atoms with van der Waals surface area (Å²) < 4.78 is 0. The molecule has 142 valence electrons. The average Bonchev–Trinajstić information content (AvgIpc) is 3.33. The quantitative estimate of drug-likeness (QED) is 0.805. The smallest absolute Gasteiger partial charge is 0.268 e. The number of likely N-dealkylation sites (tertiary alicyclic amines) is 1. The number of carbonyl (C=O) groups is 2. The molecule has 3 fully saturated rings. The summed E-state index contributed by atoms with van der Waals surface area (Å²) in [6, 6.07) is 0.989. The van der Waals surface area contributed by atoms with Crippen molar-refractivity contribution in [2.75, 3.05) is 31.1 Å². The van der Waals surface area contributed by atoms with Crippen LogP contribution < -0.4 is 16.0 Å². The topological polar surface area (TPSA) is 91.6 Å². The van der Waals surface area contributed by atoms with Gasteiger partial charge in [-0.05, 0) is 45.1 Å². The van der Waals surface area contributed by atoms with E-state index in [4.69, 9.17) is 5.73 Å². The Bertz CT molecular complexity index is 666. The largest absolute Gasteiger partial charge is 0.364 e. The van der Waals surface area contributed by atoms with Gasteiger partial charge in [0.25, 0.3) is 5.91 Å². The number of nitrogens with one attached hydrogen (secondary N) is 1. The van der Waals surface area contributed by atoms with Crippen LogP contribution in [0.1, 0.15) is 49.0 Å². The third-order valence-corrected chi connectivity index (χ3v) is 6.64. The number of thiazole rings is 1. The summed E-state index contributed by atoms with van der Waals surface area (Å²) in [7, 11) is 0. The first-order chi connectivity index (χ1) is 12.6. The van der Waals surface area contributed by atoms with Crippen molar-refractivity contribution in [1.29, 1.82) is 0 Å². The maximum absolute atomic E-state index is 12.4. The number of rotatable bonds is 5. The fourth-order valence-corrected chi connectivity index (χ4v) is 4.91. The fraction of sp³-hybridized carbons (Fsp3) is 0.722. The van der Waals surface area contributed by atoms with Gasteiger partial charge in [0, 0.05) is 37.1 Å². The van der Waals surface area contributed by atoms with Crippen LogP contribution in [0.2, 0.25) is 0 Å². The molecule has 1 atom stereocenters. The molecular weight excluding hydrogens is 350 g/mol. The molecule has 0 bridgehead atoms. The Kier molecular flexibility index (Phi) is 5.13. The average molecular weight is 378 g/mol. The van der Waals surface area contributed by atoms with Crippen molar-refractivity contribution in [3.63, 3.8) is 0 Å². The number of primary amides is 1. The van der Waals surface area contributed by atoms with Crippen LogP contribution in [0.3, 0.4) is 0 Å². The standard InChI is InChI=1S/C18H27N5O2S/c19-16(24)15-11-26-18(21-15)22-8-5-14(6-9-22)23-7-1-2-12(10-23)17(25)20-13-3-4-13/h11-14H,1-10H2,(H2,19,24)(H,20,25)/t12-/m0/s1. The predicted molar refractivity (Wildman–Crippen MR) is 101 cm³/mol. The summed E-state index contributed by atoms with van der Waals surface area (Å²) in [5.41, 5.74) is 5.65. The van der Waals surface area contributed by atoms with E-state index in [-0.39, 0.29) is 11.8 Å². The molecule has 1 aromatic heterocycles. The van der Waals surface area contributed by atoms with Gasteiger partial charge >= 0.3 is 0 Å². The normalized spacial score (nSPS) is 25.2. The highest BCUT2D eigenvalue weighted by atomic mass is 32.1. The van der Waals surface area contributed by atoms with Crippen LogP contribution in [0.4, 0.5) is 5.13 Å². The van der Waals surface area contributed by atoms with E-state index in [1.165, 1.54) is 11.3 Å². The van der Waals surface area contributed by atoms with E-state index < -0.39 is 5.91 Å². The molecule has 7 nitrogen and oxygen atoms in total. The molecule has 26 heavy (non-hydrogen) atoms. The zero-order valence-electron chi connectivity index (χ0n) is 15.0. The summed E-state index contributed by atoms with van der Waals surface area (Å²) in [5.74, 6) is -0.0536. The van der Waals surface area contributed by atoms with Crippen molar-refractivity contribution in [2.24, 2.45) is 11.7 Å². The van der Waals surface area contributed by atoms with Crippen molar-refractivity contribution in [2.45, 2.75) is 50.6 Å². The third-order valence-electron chi connectivity index (χ3n) is 5.74. The first kappa shape index (κ1) is 17.7. The van der Waals surface area contributed by atoms with Gasteiger partial charge in [-0.1, -0.05) is 0 Å². The van der Waals surface area contributed by atoms with E-state index in [9.17, 15) is 9.59 Å². The summed E-state index contributed by atoms with van der Waals surface area (Å²) in [4.78, 5) is 32.7. The highest BCUT2D eigenvalue weighted by Gasteiger charge is 2.34. The second-order valence-corrected chi connectivity index (χ2v) is 8.55. The van der Waals surface area contributed by atoms with E-state index in [1.54, 1.807) is 5.38 Å². The molecule has 3 N–H and O–H groups in total. The molecule has 3 aliphatic rings. The van der Waals surface area contributed by atoms with Gasteiger partial charge in [-0.25, -0.2) is 4.98 Å². The molecule has 2 saturated heterocycles. The van der Waals surface area contributed by atoms with E-state index in [1.807, 2.05) is 0 Å². The van der Waals surface area contributed by atoms with Crippen LogP contribution in [0.15, 0.2) is 5.38 Å². The van der Waals surface area contributed by atoms with Gasteiger partial charge in [-0.3, -0.25) is 14.5 Å². The van der Waals surface area contributed by atoms with E-state index >= 15 is 0 Å². The first-order valence-corrected chi connectivity index (χ1v) is 10.5. The molecule has 4 rings (SSSR count). The minimum atomic E-state index is -0.466. The van der Waals surface area contributed by atoms with Crippen molar-refractivity contribution in [3.05, 3.63) is 11.1 Å². The number of aromatic nitrogens is 1. The molecule has 2 aliphatic heterocycles. The van der Waals surface area contributed by atoms with E-state index in [0.29, 0.717) is 17.8 Å². The maximum atomic E-state index is 12.4. The molecule has 1 aromatic rings. The highest BCUT2D eigenvalue weighted by molar-refractivity contribution is 7.13. The van der Waals surface area contributed by atoms with E-state index in [2.05, 4.69) is 20.1 Å². The number of anilines is 1. The van der Waals surface area contributed by atoms with Crippen molar-refractivity contribution in [1.82, 2.24) is 15.2 Å². The fourth-order valence-electron chi connectivity index (χ4n) is 4.04.